The number of unbranched alkanes of at least 4 members (excludes halogenated alkanes) is 2. The first-order valence-corrected chi connectivity index (χ1v) is 8.91. The Kier molecular flexibility index (Phi) is 7.80. The molecule has 2 aromatic rings. The summed E-state index contributed by atoms with van der Waals surface area (Å²) in [5.41, 5.74) is 8.57. The molecule has 3 nitrogen and oxygen atoms in total. The first-order chi connectivity index (χ1) is 11.7. The molecule has 1 atom stereocenters. The van der Waals surface area contributed by atoms with Crippen LogP contribution in [0.15, 0.2) is 54.6 Å². The number of likely N-dealkylation sites (N-methyl/N-ethyl adjacent to an activating group) is 1. The van der Waals surface area contributed by atoms with E-state index in [0.717, 1.165) is 25.3 Å². The maximum absolute atomic E-state index is 6.04. The summed E-state index contributed by atoms with van der Waals surface area (Å²) in [6, 6.07) is 19.1. The summed E-state index contributed by atoms with van der Waals surface area (Å²) in [4.78, 5) is 2.30. The monoisotopic (exact) mass is 326 g/mol. The lowest BCUT2D eigenvalue weighted by Gasteiger charge is -2.27. The zero-order valence-corrected chi connectivity index (χ0v) is 14.9. The van der Waals surface area contributed by atoms with Crippen molar-refractivity contribution in [3.63, 3.8) is 0 Å². The summed E-state index contributed by atoms with van der Waals surface area (Å²) in [5.74, 6) is 0.941. The second-order valence-electron chi connectivity index (χ2n) is 6.28. The molecule has 0 bridgehead atoms. The van der Waals surface area contributed by atoms with Gasteiger partial charge >= 0.3 is 0 Å². The molecule has 0 saturated heterocycles. The van der Waals surface area contributed by atoms with Crippen LogP contribution in [0.25, 0.3) is 0 Å². The van der Waals surface area contributed by atoms with Crippen LogP contribution in [-0.4, -0.2) is 25.1 Å². The van der Waals surface area contributed by atoms with Crippen molar-refractivity contribution in [1.29, 1.82) is 0 Å². The maximum atomic E-state index is 6.04. The van der Waals surface area contributed by atoms with E-state index in [1.807, 2.05) is 6.07 Å². The Hall–Kier alpha value is -1.84. The van der Waals surface area contributed by atoms with Crippen molar-refractivity contribution in [2.75, 3.05) is 20.2 Å². The summed E-state index contributed by atoms with van der Waals surface area (Å²) in [7, 11) is 2.12. The predicted molar refractivity (Wildman–Crippen MR) is 101 cm³/mol. The fourth-order valence-corrected chi connectivity index (χ4v) is 2.88. The molecule has 2 N–H and O–H groups in total. The molecule has 0 aliphatic heterocycles. The van der Waals surface area contributed by atoms with Crippen LogP contribution in [0.4, 0.5) is 0 Å². The zero-order chi connectivity index (χ0) is 17.2. The smallest absolute Gasteiger partial charge is 0.119 e. The molecule has 0 fully saturated rings. The standard InChI is InChI=1S/C21H30N2O/c1-3-4-8-15-24-20-13-11-19(12-14-20)21(16-22)23(2)17-18-9-6-5-7-10-18/h5-7,9-14,21H,3-4,8,15-17,22H2,1-2H3. The fraction of sp³-hybridized carbons (Fsp3) is 0.429. The Morgan fingerprint density at radius 2 is 1.71 bits per heavy atom. The molecule has 0 spiro atoms. The first kappa shape index (κ1) is 18.5. The number of benzene rings is 2. The molecule has 0 radical (unpaired) electrons. The minimum absolute atomic E-state index is 0.208. The average molecular weight is 326 g/mol. The van der Waals surface area contributed by atoms with E-state index in [9.17, 15) is 0 Å². The van der Waals surface area contributed by atoms with Crippen LogP contribution in [-0.2, 0) is 6.54 Å². The third kappa shape index (κ3) is 5.66. The largest absolute Gasteiger partial charge is 0.494 e. The van der Waals surface area contributed by atoms with Crippen LogP contribution in [0.2, 0.25) is 0 Å². The van der Waals surface area contributed by atoms with Crippen LogP contribution in [0.3, 0.4) is 0 Å². The van der Waals surface area contributed by atoms with E-state index < -0.39 is 0 Å². The predicted octanol–water partition coefficient (Wildman–Crippen LogP) is 4.39. The van der Waals surface area contributed by atoms with Crippen LogP contribution < -0.4 is 10.5 Å². The lowest BCUT2D eigenvalue weighted by atomic mass is 10.0. The number of ether oxygens (including phenoxy) is 1. The number of hydrogen-bond acceptors (Lipinski definition) is 3. The van der Waals surface area contributed by atoms with Gasteiger partial charge in [0.1, 0.15) is 5.75 Å². The number of rotatable bonds is 10. The minimum atomic E-state index is 0.208. The molecule has 3 heteroatoms. The Morgan fingerprint density at radius 1 is 1.00 bits per heavy atom. The number of nitrogens with two attached hydrogens (primary N) is 1. The maximum Gasteiger partial charge on any atom is 0.119 e. The Morgan fingerprint density at radius 3 is 2.33 bits per heavy atom. The highest BCUT2D eigenvalue weighted by molar-refractivity contribution is 5.29. The van der Waals surface area contributed by atoms with E-state index >= 15 is 0 Å². The molecular weight excluding hydrogens is 296 g/mol. The Labute approximate surface area is 146 Å². The summed E-state index contributed by atoms with van der Waals surface area (Å²) < 4.78 is 5.79. The molecule has 2 rings (SSSR count). The molecule has 130 valence electrons. The molecule has 24 heavy (non-hydrogen) atoms. The topological polar surface area (TPSA) is 38.5 Å². The number of hydrogen-bond donors (Lipinski definition) is 1. The van der Waals surface area contributed by atoms with Crippen molar-refractivity contribution in [1.82, 2.24) is 4.90 Å². The molecule has 1 unspecified atom stereocenters. The van der Waals surface area contributed by atoms with Gasteiger partial charge in [-0.25, -0.2) is 0 Å². The van der Waals surface area contributed by atoms with Gasteiger partial charge in [-0.3, -0.25) is 4.90 Å². The van der Waals surface area contributed by atoms with E-state index in [1.54, 1.807) is 0 Å². The highest BCUT2D eigenvalue weighted by Gasteiger charge is 2.15. The van der Waals surface area contributed by atoms with E-state index in [2.05, 4.69) is 67.4 Å². The van der Waals surface area contributed by atoms with Crippen molar-refractivity contribution in [3.8, 4) is 5.75 Å². The van der Waals surface area contributed by atoms with Gasteiger partial charge in [-0.1, -0.05) is 62.2 Å². The number of nitrogens with zero attached hydrogens (tertiary/aromatic N) is 1. The van der Waals surface area contributed by atoms with Gasteiger partial charge in [-0.05, 0) is 36.7 Å². The minimum Gasteiger partial charge on any atom is -0.494 e. The van der Waals surface area contributed by atoms with E-state index in [0.29, 0.717) is 6.54 Å². The normalized spacial score (nSPS) is 12.3. The van der Waals surface area contributed by atoms with Crippen LogP contribution >= 0.6 is 0 Å². The molecule has 0 aromatic heterocycles. The molecule has 0 heterocycles. The van der Waals surface area contributed by atoms with Gasteiger partial charge < -0.3 is 10.5 Å². The van der Waals surface area contributed by atoms with Crippen LogP contribution in [0, 0.1) is 0 Å². The van der Waals surface area contributed by atoms with Crippen LogP contribution in [0.1, 0.15) is 43.4 Å². The van der Waals surface area contributed by atoms with Gasteiger partial charge in [0, 0.05) is 19.1 Å². The Bertz CT molecular complexity index is 568. The lowest BCUT2D eigenvalue weighted by Crippen LogP contribution is -2.30. The van der Waals surface area contributed by atoms with E-state index in [1.165, 1.54) is 24.0 Å². The molecule has 0 aliphatic carbocycles. The van der Waals surface area contributed by atoms with Crippen molar-refractivity contribution < 1.29 is 4.74 Å². The quantitative estimate of drug-likeness (QED) is 0.658. The molecule has 0 aliphatic rings. The van der Waals surface area contributed by atoms with Crippen molar-refractivity contribution in [3.05, 3.63) is 65.7 Å². The van der Waals surface area contributed by atoms with Gasteiger partial charge in [-0.2, -0.15) is 0 Å². The van der Waals surface area contributed by atoms with Crippen molar-refractivity contribution in [2.24, 2.45) is 5.73 Å². The average Bonchev–Trinajstić information content (AvgIpc) is 2.61. The summed E-state index contributed by atoms with van der Waals surface area (Å²) in [5, 5.41) is 0. The lowest BCUT2D eigenvalue weighted by molar-refractivity contribution is 0.241. The van der Waals surface area contributed by atoms with Gasteiger partial charge in [0.15, 0.2) is 0 Å². The van der Waals surface area contributed by atoms with Gasteiger partial charge in [0.25, 0.3) is 0 Å². The van der Waals surface area contributed by atoms with E-state index in [-0.39, 0.29) is 6.04 Å². The SMILES string of the molecule is CCCCCOc1ccc(C(CN)N(C)Cc2ccccc2)cc1. The van der Waals surface area contributed by atoms with Gasteiger partial charge in [0.2, 0.25) is 0 Å². The molecule has 2 aromatic carbocycles. The summed E-state index contributed by atoms with van der Waals surface area (Å²) in [6.07, 6.45) is 3.55. The molecule has 0 amide bonds. The second kappa shape index (κ2) is 10.1. The van der Waals surface area contributed by atoms with Crippen molar-refractivity contribution in [2.45, 2.75) is 38.8 Å². The molecular formula is C21H30N2O. The van der Waals surface area contributed by atoms with E-state index in [4.69, 9.17) is 10.5 Å². The second-order valence-corrected chi connectivity index (χ2v) is 6.28. The summed E-state index contributed by atoms with van der Waals surface area (Å²) in [6.45, 7) is 4.48. The Balaban J connectivity index is 1.94. The third-order valence-corrected chi connectivity index (χ3v) is 4.31. The zero-order valence-electron chi connectivity index (χ0n) is 14.9. The molecule has 0 saturated carbocycles. The highest BCUT2D eigenvalue weighted by atomic mass is 16.5. The fourth-order valence-electron chi connectivity index (χ4n) is 2.88. The summed E-state index contributed by atoms with van der Waals surface area (Å²) >= 11 is 0. The third-order valence-electron chi connectivity index (χ3n) is 4.31. The van der Waals surface area contributed by atoms with Crippen molar-refractivity contribution >= 4 is 0 Å². The van der Waals surface area contributed by atoms with Crippen LogP contribution in [0.5, 0.6) is 5.75 Å². The first-order valence-electron chi connectivity index (χ1n) is 8.91. The van der Waals surface area contributed by atoms with Gasteiger partial charge in [-0.15, -0.1) is 0 Å². The highest BCUT2D eigenvalue weighted by Crippen LogP contribution is 2.23. The van der Waals surface area contributed by atoms with Gasteiger partial charge in [0.05, 0.1) is 6.61 Å².